The molecule has 0 spiro atoms. The van der Waals surface area contributed by atoms with Crippen molar-refractivity contribution in [1.29, 1.82) is 0 Å². The van der Waals surface area contributed by atoms with Gasteiger partial charge in [0.15, 0.2) is 4.21 Å². The summed E-state index contributed by atoms with van der Waals surface area (Å²) < 4.78 is 25.2. The summed E-state index contributed by atoms with van der Waals surface area (Å²) in [5, 5.41) is 5.54. The minimum Gasteiger partial charge on any atom is -0.383 e. The van der Waals surface area contributed by atoms with Crippen LogP contribution in [0.15, 0.2) is 42.5 Å². The van der Waals surface area contributed by atoms with Gasteiger partial charge in [0.2, 0.25) is 10.0 Å². The summed E-state index contributed by atoms with van der Waals surface area (Å²) in [4.78, 5) is 0. The van der Waals surface area contributed by atoms with Gasteiger partial charge in [0.1, 0.15) is 0 Å². The molecule has 0 heterocycles. The van der Waals surface area contributed by atoms with Crippen molar-refractivity contribution >= 4 is 38.1 Å². The van der Waals surface area contributed by atoms with Crippen molar-refractivity contribution in [3.05, 3.63) is 42.5 Å². The Morgan fingerprint density at radius 1 is 1.05 bits per heavy atom. The third-order valence-corrected chi connectivity index (χ3v) is 6.59. The molecule has 2 N–H and O–H groups in total. The quantitative estimate of drug-likeness (QED) is 0.634. The molecule has 4 nitrogen and oxygen atoms in total. The number of anilines is 1. The van der Waals surface area contributed by atoms with E-state index in [9.17, 15) is 8.42 Å². The molecule has 6 heteroatoms. The Kier molecular flexibility index (Phi) is 3.82. The molecule has 3 rings (SSSR count). The Labute approximate surface area is 129 Å². The second-order valence-electron chi connectivity index (χ2n) is 5.23. The fraction of sp³-hybridized carbons (Fsp3) is 0.333. The normalized spacial score (nSPS) is 16.8. The maximum Gasteiger partial charge on any atom is 0.231 e. The predicted octanol–water partition coefficient (Wildman–Crippen LogP) is 2.90. The average Bonchev–Trinajstić information content (AvgIpc) is 3.23. The molecule has 1 fully saturated rings. The largest absolute Gasteiger partial charge is 0.383 e. The van der Waals surface area contributed by atoms with Gasteiger partial charge in [-0.3, -0.25) is 0 Å². The van der Waals surface area contributed by atoms with Crippen LogP contribution >= 0.6 is 11.6 Å². The zero-order valence-corrected chi connectivity index (χ0v) is 13.0. The molecule has 0 saturated heterocycles. The summed E-state index contributed by atoms with van der Waals surface area (Å²) in [5.74, 6) is 0. The fourth-order valence-electron chi connectivity index (χ4n) is 2.26. The van der Waals surface area contributed by atoms with Gasteiger partial charge in [-0.2, -0.15) is 0 Å². The highest BCUT2D eigenvalue weighted by atomic mass is 35.5. The molecular weight excluding hydrogens is 308 g/mol. The van der Waals surface area contributed by atoms with Gasteiger partial charge in [-0.1, -0.05) is 36.4 Å². The first-order chi connectivity index (χ1) is 10.0. The summed E-state index contributed by atoms with van der Waals surface area (Å²) in [7, 11) is -3.41. The molecule has 1 aliphatic carbocycles. The topological polar surface area (TPSA) is 58.2 Å². The molecule has 0 amide bonds. The van der Waals surface area contributed by atoms with Crippen molar-refractivity contribution < 1.29 is 8.42 Å². The van der Waals surface area contributed by atoms with Crippen molar-refractivity contribution in [2.75, 3.05) is 18.4 Å². The Morgan fingerprint density at radius 3 is 2.52 bits per heavy atom. The molecule has 1 aliphatic rings. The fourth-order valence-corrected chi connectivity index (χ4v) is 3.79. The number of rotatable bonds is 6. The first-order valence-corrected chi connectivity index (χ1v) is 8.78. The van der Waals surface area contributed by atoms with Gasteiger partial charge in [-0.25, -0.2) is 13.1 Å². The lowest BCUT2D eigenvalue weighted by Gasteiger charge is -2.12. The van der Waals surface area contributed by atoms with Gasteiger partial charge >= 0.3 is 0 Å². The van der Waals surface area contributed by atoms with Crippen LogP contribution in [0.25, 0.3) is 10.8 Å². The molecule has 0 aliphatic heterocycles. The molecule has 0 bridgehead atoms. The second kappa shape index (κ2) is 5.48. The van der Waals surface area contributed by atoms with E-state index in [1.54, 1.807) is 0 Å². The molecule has 0 aromatic heterocycles. The molecule has 112 valence electrons. The third kappa shape index (κ3) is 3.00. The Bertz CT molecular complexity index is 752. The number of alkyl halides is 1. The Morgan fingerprint density at radius 2 is 1.76 bits per heavy atom. The van der Waals surface area contributed by atoms with Crippen LogP contribution in [0.5, 0.6) is 0 Å². The van der Waals surface area contributed by atoms with Crippen LogP contribution < -0.4 is 10.0 Å². The van der Waals surface area contributed by atoms with Crippen molar-refractivity contribution in [1.82, 2.24) is 4.72 Å². The van der Waals surface area contributed by atoms with E-state index >= 15 is 0 Å². The minimum absolute atomic E-state index is 0.319. The smallest absolute Gasteiger partial charge is 0.231 e. The van der Waals surface area contributed by atoms with Gasteiger partial charge in [0.05, 0.1) is 0 Å². The van der Waals surface area contributed by atoms with Gasteiger partial charge in [0, 0.05) is 24.2 Å². The Hall–Kier alpha value is -1.30. The van der Waals surface area contributed by atoms with Crippen LogP contribution in [0.3, 0.4) is 0 Å². The van der Waals surface area contributed by atoms with E-state index in [-0.39, 0.29) is 0 Å². The highest BCUT2D eigenvalue weighted by molar-refractivity contribution is 7.92. The van der Waals surface area contributed by atoms with Gasteiger partial charge in [-0.05, 0) is 24.3 Å². The van der Waals surface area contributed by atoms with Crippen LogP contribution in [0, 0.1) is 0 Å². The highest BCUT2D eigenvalue weighted by Gasteiger charge is 2.52. The summed E-state index contributed by atoms with van der Waals surface area (Å²) in [6, 6.07) is 14.1. The van der Waals surface area contributed by atoms with E-state index in [4.69, 9.17) is 11.6 Å². The van der Waals surface area contributed by atoms with E-state index in [1.807, 2.05) is 42.5 Å². The maximum atomic E-state index is 11.9. The van der Waals surface area contributed by atoms with E-state index in [1.165, 1.54) is 0 Å². The zero-order valence-electron chi connectivity index (χ0n) is 11.5. The predicted molar refractivity (Wildman–Crippen MR) is 87.2 cm³/mol. The average molecular weight is 325 g/mol. The SMILES string of the molecule is O=S(=O)(NCCNc1cccc2ccccc12)C1(Cl)CC1. The number of nitrogens with one attached hydrogen (secondary N) is 2. The number of halogens is 1. The number of fused-ring (bicyclic) bond motifs is 1. The van der Waals surface area contributed by atoms with Crippen molar-refractivity contribution in [3.8, 4) is 0 Å². The number of hydrogen-bond acceptors (Lipinski definition) is 3. The molecular formula is C15H17ClN2O2S. The zero-order chi connectivity index (χ0) is 14.9. The van der Waals surface area contributed by atoms with E-state index < -0.39 is 14.2 Å². The molecule has 2 aromatic carbocycles. The second-order valence-corrected chi connectivity index (χ2v) is 8.26. The molecule has 0 atom stereocenters. The highest BCUT2D eigenvalue weighted by Crippen LogP contribution is 2.46. The lowest BCUT2D eigenvalue weighted by Crippen LogP contribution is -2.35. The molecule has 0 radical (unpaired) electrons. The number of benzene rings is 2. The molecule has 2 aromatic rings. The summed E-state index contributed by atoms with van der Waals surface area (Å²) >= 11 is 5.94. The standard InChI is InChI=1S/C15H17ClN2O2S/c16-15(8-9-15)21(19,20)18-11-10-17-14-7-3-5-12-4-1-2-6-13(12)14/h1-7,17-18H,8-11H2. The van der Waals surface area contributed by atoms with Crippen molar-refractivity contribution in [2.24, 2.45) is 0 Å². The number of sulfonamides is 1. The minimum atomic E-state index is -3.41. The summed E-state index contributed by atoms with van der Waals surface area (Å²) in [6.45, 7) is 0.834. The van der Waals surface area contributed by atoms with Crippen LogP contribution in [-0.4, -0.2) is 25.7 Å². The van der Waals surface area contributed by atoms with Crippen LogP contribution in [0.4, 0.5) is 5.69 Å². The molecule has 1 saturated carbocycles. The Balaban J connectivity index is 1.60. The summed E-state index contributed by atoms with van der Waals surface area (Å²) in [6.07, 6.45) is 1.06. The van der Waals surface area contributed by atoms with Gasteiger partial charge in [-0.15, -0.1) is 11.6 Å². The third-order valence-electron chi connectivity index (χ3n) is 3.65. The van der Waals surface area contributed by atoms with Gasteiger partial charge in [0.25, 0.3) is 0 Å². The van der Waals surface area contributed by atoms with Crippen LogP contribution in [0.2, 0.25) is 0 Å². The van der Waals surface area contributed by atoms with E-state index in [0.717, 1.165) is 16.5 Å². The monoisotopic (exact) mass is 324 g/mol. The van der Waals surface area contributed by atoms with E-state index in [2.05, 4.69) is 10.0 Å². The first kappa shape index (κ1) is 14.6. The molecule has 0 unspecified atom stereocenters. The van der Waals surface area contributed by atoms with E-state index in [0.29, 0.717) is 25.9 Å². The first-order valence-electron chi connectivity index (χ1n) is 6.92. The lowest BCUT2D eigenvalue weighted by molar-refractivity contribution is 0.578. The molecule has 21 heavy (non-hydrogen) atoms. The van der Waals surface area contributed by atoms with Gasteiger partial charge < -0.3 is 5.32 Å². The maximum absolute atomic E-state index is 11.9. The lowest BCUT2D eigenvalue weighted by atomic mass is 10.1. The van der Waals surface area contributed by atoms with Crippen molar-refractivity contribution in [2.45, 2.75) is 17.0 Å². The number of hydrogen-bond donors (Lipinski definition) is 2. The summed E-state index contributed by atoms with van der Waals surface area (Å²) in [5.41, 5.74) is 0.999. The van der Waals surface area contributed by atoms with Crippen LogP contribution in [0.1, 0.15) is 12.8 Å². The van der Waals surface area contributed by atoms with Crippen molar-refractivity contribution in [3.63, 3.8) is 0 Å². The van der Waals surface area contributed by atoms with Crippen LogP contribution in [-0.2, 0) is 10.0 Å².